The molecule has 0 aliphatic carbocycles. The summed E-state index contributed by atoms with van der Waals surface area (Å²) in [5, 5.41) is 1.44. The van der Waals surface area contributed by atoms with Crippen molar-refractivity contribution in [2.24, 2.45) is 11.7 Å². The van der Waals surface area contributed by atoms with E-state index in [1.165, 1.54) is 4.31 Å². The SMILES string of the molecule is CC(C)[C@@H](N)C(=O)N1CCCN(S(=O)(=O)c2cccc3cnccc23)CC1. The molecule has 2 N–H and O–H groups in total. The van der Waals surface area contributed by atoms with Crippen molar-refractivity contribution >= 4 is 26.7 Å². The molecule has 1 amide bonds. The van der Waals surface area contributed by atoms with Crippen LogP contribution >= 0.6 is 0 Å². The lowest BCUT2D eigenvalue weighted by Gasteiger charge is -2.26. The molecule has 2 heterocycles. The fraction of sp³-hybridized carbons (Fsp3) is 0.474. The lowest BCUT2D eigenvalue weighted by atomic mass is 10.0. The van der Waals surface area contributed by atoms with Gasteiger partial charge in [-0.3, -0.25) is 9.78 Å². The highest BCUT2D eigenvalue weighted by atomic mass is 32.2. The first-order chi connectivity index (χ1) is 12.8. The largest absolute Gasteiger partial charge is 0.340 e. The van der Waals surface area contributed by atoms with Crippen LogP contribution in [0.25, 0.3) is 10.8 Å². The van der Waals surface area contributed by atoms with E-state index in [1.807, 2.05) is 19.9 Å². The number of aromatic nitrogens is 1. The number of nitrogens with zero attached hydrogens (tertiary/aromatic N) is 3. The van der Waals surface area contributed by atoms with E-state index in [0.29, 0.717) is 31.4 Å². The summed E-state index contributed by atoms with van der Waals surface area (Å²) in [6.45, 7) is 5.33. The fourth-order valence-electron chi connectivity index (χ4n) is 3.31. The molecule has 0 radical (unpaired) electrons. The normalized spacial score (nSPS) is 17.9. The predicted octanol–water partition coefficient (Wildman–Crippen LogP) is 1.44. The number of nitrogens with two attached hydrogens (primary N) is 1. The van der Waals surface area contributed by atoms with Crippen molar-refractivity contribution in [1.29, 1.82) is 0 Å². The number of fused-ring (bicyclic) bond motifs is 1. The smallest absolute Gasteiger partial charge is 0.243 e. The Bertz CT molecular complexity index is 924. The van der Waals surface area contributed by atoms with E-state index in [4.69, 9.17) is 5.73 Å². The second kappa shape index (κ2) is 7.92. The van der Waals surface area contributed by atoms with Gasteiger partial charge in [-0.15, -0.1) is 0 Å². The Kier molecular flexibility index (Phi) is 5.78. The number of sulfonamides is 1. The van der Waals surface area contributed by atoms with Crippen molar-refractivity contribution in [1.82, 2.24) is 14.2 Å². The lowest BCUT2D eigenvalue weighted by molar-refractivity contribution is -0.133. The summed E-state index contributed by atoms with van der Waals surface area (Å²) in [6, 6.07) is 6.36. The molecule has 2 aromatic rings. The van der Waals surface area contributed by atoms with Crippen molar-refractivity contribution in [3.05, 3.63) is 36.7 Å². The third-order valence-electron chi connectivity index (χ3n) is 5.03. The summed E-state index contributed by atoms with van der Waals surface area (Å²) in [4.78, 5) is 18.5. The molecule has 146 valence electrons. The highest BCUT2D eigenvalue weighted by Gasteiger charge is 2.31. The number of amides is 1. The molecule has 3 rings (SSSR count). The number of carbonyl (C=O) groups excluding carboxylic acids is 1. The maximum Gasteiger partial charge on any atom is 0.243 e. The Balaban J connectivity index is 1.83. The zero-order valence-corrected chi connectivity index (χ0v) is 16.5. The van der Waals surface area contributed by atoms with Gasteiger partial charge in [0, 0.05) is 49.3 Å². The van der Waals surface area contributed by atoms with Crippen molar-refractivity contribution < 1.29 is 13.2 Å². The number of rotatable bonds is 4. The van der Waals surface area contributed by atoms with Gasteiger partial charge in [0.05, 0.1) is 10.9 Å². The number of hydrogen-bond acceptors (Lipinski definition) is 5. The van der Waals surface area contributed by atoms with E-state index in [-0.39, 0.29) is 23.3 Å². The first-order valence-corrected chi connectivity index (χ1v) is 10.6. The number of carbonyl (C=O) groups is 1. The van der Waals surface area contributed by atoms with Crippen molar-refractivity contribution in [3.63, 3.8) is 0 Å². The van der Waals surface area contributed by atoms with Gasteiger partial charge < -0.3 is 10.6 Å². The minimum absolute atomic E-state index is 0.0462. The molecule has 1 saturated heterocycles. The summed E-state index contributed by atoms with van der Waals surface area (Å²) in [7, 11) is -3.66. The highest BCUT2D eigenvalue weighted by molar-refractivity contribution is 7.89. The van der Waals surface area contributed by atoms with Crippen LogP contribution in [0.3, 0.4) is 0 Å². The van der Waals surface area contributed by atoms with Gasteiger partial charge in [0.2, 0.25) is 15.9 Å². The molecule has 0 bridgehead atoms. The maximum atomic E-state index is 13.2. The molecule has 1 aromatic heterocycles. The molecule has 1 atom stereocenters. The van der Waals surface area contributed by atoms with Gasteiger partial charge in [-0.1, -0.05) is 26.0 Å². The van der Waals surface area contributed by atoms with Crippen LogP contribution in [-0.4, -0.2) is 60.7 Å². The quantitative estimate of drug-likeness (QED) is 0.852. The molecule has 1 fully saturated rings. The third kappa shape index (κ3) is 3.97. The highest BCUT2D eigenvalue weighted by Crippen LogP contribution is 2.26. The van der Waals surface area contributed by atoms with Crippen LogP contribution in [-0.2, 0) is 14.8 Å². The third-order valence-corrected chi connectivity index (χ3v) is 6.99. The van der Waals surface area contributed by atoms with Crippen LogP contribution in [0.2, 0.25) is 0 Å². The molecule has 0 unspecified atom stereocenters. The summed E-state index contributed by atoms with van der Waals surface area (Å²) in [6.07, 6.45) is 3.84. The first kappa shape index (κ1) is 19.7. The van der Waals surface area contributed by atoms with E-state index in [9.17, 15) is 13.2 Å². The summed E-state index contributed by atoms with van der Waals surface area (Å²) in [5.74, 6) is -0.0645. The predicted molar refractivity (Wildman–Crippen MR) is 105 cm³/mol. The summed E-state index contributed by atoms with van der Waals surface area (Å²) >= 11 is 0. The zero-order valence-electron chi connectivity index (χ0n) is 15.7. The molecule has 1 aliphatic heterocycles. The van der Waals surface area contributed by atoms with Gasteiger partial charge in [-0.05, 0) is 24.5 Å². The molecule has 7 nitrogen and oxygen atoms in total. The summed E-state index contributed by atoms with van der Waals surface area (Å²) in [5.41, 5.74) is 5.99. The zero-order chi connectivity index (χ0) is 19.6. The van der Waals surface area contributed by atoms with Gasteiger partial charge in [-0.25, -0.2) is 8.42 Å². The van der Waals surface area contributed by atoms with E-state index in [0.717, 1.165) is 5.39 Å². The topological polar surface area (TPSA) is 96.6 Å². The maximum absolute atomic E-state index is 13.2. The van der Waals surface area contributed by atoms with Gasteiger partial charge >= 0.3 is 0 Å². The first-order valence-electron chi connectivity index (χ1n) is 9.19. The van der Waals surface area contributed by atoms with Crippen LogP contribution in [0.5, 0.6) is 0 Å². The fourth-order valence-corrected chi connectivity index (χ4v) is 4.99. The van der Waals surface area contributed by atoms with Crippen molar-refractivity contribution in [2.45, 2.75) is 31.2 Å². The number of benzene rings is 1. The van der Waals surface area contributed by atoms with Gasteiger partial charge in [0.15, 0.2) is 0 Å². The molecule has 0 spiro atoms. The number of hydrogen-bond donors (Lipinski definition) is 1. The summed E-state index contributed by atoms with van der Waals surface area (Å²) < 4.78 is 28.0. The van der Waals surface area contributed by atoms with Gasteiger partial charge in [-0.2, -0.15) is 4.31 Å². The minimum Gasteiger partial charge on any atom is -0.340 e. The van der Waals surface area contributed by atoms with Crippen LogP contribution < -0.4 is 5.73 Å². The van der Waals surface area contributed by atoms with Crippen molar-refractivity contribution in [2.75, 3.05) is 26.2 Å². The monoisotopic (exact) mass is 390 g/mol. The van der Waals surface area contributed by atoms with Crippen molar-refractivity contribution in [3.8, 4) is 0 Å². The van der Waals surface area contributed by atoms with E-state index >= 15 is 0 Å². The minimum atomic E-state index is -3.66. The Morgan fingerprint density at radius 3 is 2.67 bits per heavy atom. The molecule has 0 saturated carbocycles. The second-order valence-corrected chi connectivity index (χ2v) is 9.11. The molecule has 27 heavy (non-hydrogen) atoms. The van der Waals surface area contributed by atoms with E-state index < -0.39 is 16.1 Å². The van der Waals surface area contributed by atoms with Crippen LogP contribution in [0.15, 0.2) is 41.6 Å². The van der Waals surface area contributed by atoms with Crippen LogP contribution in [0.1, 0.15) is 20.3 Å². The van der Waals surface area contributed by atoms with E-state index in [2.05, 4.69) is 4.98 Å². The molecule has 1 aromatic carbocycles. The van der Waals surface area contributed by atoms with E-state index in [1.54, 1.807) is 35.5 Å². The average molecular weight is 391 g/mol. The Labute approximate surface area is 160 Å². The second-order valence-electron chi connectivity index (χ2n) is 7.21. The van der Waals surface area contributed by atoms with Gasteiger partial charge in [0.25, 0.3) is 0 Å². The van der Waals surface area contributed by atoms with Gasteiger partial charge in [0.1, 0.15) is 0 Å². The Morgan fingerprint density at radius 1 is 1.15 bits per heavy atom. The average Bonchev–Trinajstić information content (AvgIpc) is 2.93. The molecular weight excluding hydrogens is 364 g/mol. The lowest BCUT2D eigenvalue weighted by Crippen LogP contribution is -2.47. The Morgan fingerprint density at radius 2 is 1.93 bits per heavy atom. The number of pyridine rings is 1. The Hall–Kier alpha value is -2.03. The standard InChI is InChI=1S/C19H26N4O3S/c1-14(2)18(20)19(24)22-9-4-10-23(12-11-22)27(25,26)17-6-3-5-15-13-21-8-7-16(15)17/h3,5-8,13-14,18H,4,9-12,20H2,1-2H3/t18-/m1/s1. The molecular formula is C19H26N4O3S. The molecule has 8 heteroatoms. The molecule has 1 aliphatic rings. The van der Waals surface area contributed by atoms with Crippen LogP contribution in [0, 0.1) is 5.92 Å². The van der Waals surface area contributed by atoms with Crippen LogP contribution in [0.4, 0.5) is 0 Å².